The molecule has 5 heteroatoms. The molecule has 0 unspecified atom stereocenters. The highest BCUT2D eigenvalue weighted by molar-refractivity contribution is 6.30. The molecule has 0 saturated carbocycles. The minimum absolute atomic E-state index is 0.126. The van der Waals surface area contributed by atoms with Crippen LogP contribution in [-0.4, -0.2) is 31.3 Å². The van der Waals surface area contributed by atoms with Crippen molar-refractivity contribution in [3.8, 4) is 5.75 Å². The first kappa shape index (κ1) is 15.1. The van der Waals surface area contributed by atoms with Crippen molar-refractivity contribution < 1.29 is 14.3 Å². The Kier molecular flexibility index (Phi) is 5.68. The molecule has 0 aromatic heterocycles. The van der Waals surface area contributed by atoms with Crippen LogP contribution in [0.4, 0.5) is 0 Å². The number of rotatable bonds is 6. The summed E-state index contributed by atoms with van der Waals surface area (Å²) in [7, 11) is 0. The van der Waals surface area contributed by atoms with Crippen molar-refractivity contribution in [3.05, 3.63) is 29.3 Å². The largest absolute Gasteiger partial charge is 0.489 e. The Morgan fingerprint density at radius 2 is 2.35 bits per heavy atom. The molecule has 0 radical (unpaired) electrons. The summed E-state index contributed by atoms with van der Waals surface area (Å²) in [5, 5.41) is 4.05. The number of esters is 1. The fourth-order valence-electron chi connectivity index (χ4n) is 2.35. The fraction of sp³-hybridized carbons (Fsp3) is 0.533. The van der Waals surface area contributed by atoms with Crippen LogP contribution in [0.3, 0.4) is 0 Å². The van der Waals surface area contributed by atoms with Crippen LogP contribution in [-0.2, 0) is 9.53 Å². The average Bonchev–Trinajstić information content (AvgIpc) is 2.84. The lowest BCUT2D eigenvalue weighted by atomic mass is 10.1. The van der Waals surface area contributed by atoms with Gasteiger partial charge in [0.25, 0.3) is 0 Å². The lowest BCUT2D eigenvalue weighted by Crippen LogP contribution is -2.23. The van der Waals surface area contributed by atoms with E-state index in [1.165, 1.54) is 0 Å². The normalized spacial score (nSPS) is 21.7. The van der Waals surface area contributed by atoms with E-state index < -0.39 is 0 Å². The molecular weight excluding hydrogens is 278 g/mol. The number of carbonyl (C=O) groups is 1. The predicted octanol–water partition coefficient (Wildman–Crippen LogP) is 2.79. The number of nitrogens with one attached hydrogen (secondary N) is 1. The van der Waals surface area contributed by atoms with Crippen LogP contribution < -0.4 is 10.1 Å². The van der Waals surface area contributed by atoms with Crippen LogP contribution >= 0.6 is 11.6 Å². The van der Waals surface area contributed by atoms with Crippen LogP contribution in [0, 0.1) is 0 Å². The first-order valence-corrected chi connectivity index (χ1v) is 7.36. The first-order chi connectivity index (χ1) is 9.67. The topological polar surface area (TPSA) is 47.6 Å². The van der Waals surface area contributed by atoms with Crippen molar-refractivity contribution >= 4 is 17.6 Å². The van der Waals surface area contributed by atoms with E-state index >= 15 is 0 Å². The second-order valence-corrected chi connectivity index (χ2v) is 5.32. The highest BCUT2D eigenvalue weighted by Crippen LogP contribution is 2.22. The number of ether oxygens (including phenoxy) is 2. The first-order valence-electron chi connectivity index (χ1n) is 6.98. The van der Waals surface area contributed by atoms with Crippen LogP contribution in [0.1, 0.15) is 26.2 Å². The molecular formula is C15H20ClNO3. The molecule has 1 heterocycles. The molecule has 2 atom stereocenters. The summed E-state index contributed by atoms with van der Waals surface area (Å²) in [4.78, 5) is 11.3. The lowest BCUT2D eigenvalue weighted by Gasteiger charge is -2.13. The maximum atomic E-state index is 11.3. The van der Waals surface area contributed by atoms with Crippen LogP contribution in [0.15, 0.2) is 24.3 Å². The molecule has 1 aromatic rings. The van der Waals surface area contributed by atoms with Gasteiger partial charge in [-0.2, -0.15) is 0 Å². The summed E-state index contributed by atoms with van der Waals surface area (Å²) in [6, 6.07) is 7.72. The molecule has 4 nitrogen and oxygen atoms in total. The quantitative estimate of drug-likeness (QED) is 0.820. The summed E-state index contributed by atoms with van der Waals surface area (Å²) < 4.78 is 10.8. The molecule has 0 bridgehead atoms. The fourth-order valence-corrected chi connectivity index (χ4v) is 2.53. The molecule has 2 rings (SSSR count). The van der Waals surface area contributed by atoms with Crippen LogP contribution in [0.2, 0.25) is 5.02 Å². The van der Waals surface area contributed by atoms with Gasteiger partial charge in [0.05, 0.1) is 6.61 Å². The molecule has 20 heavy (non-hydrogen) atoms. The second kappa shape index (κ2) is 7.50. The van der Waals surface area contributed by atoms with Crippen molar-refractivity contribution in [1.29, 1.82) is 0 Å². The molecule has 1 fully saturated rings. The van der Waals surface area contributed by atoms with Crippen LogP contribution in [0.5, 0.6) is 5.75 Å². The van der Waals surface area contributed by atoms with Gasteiger partial charge in [-0.1, -0.05) is 17.7 Å². The van der Waals surface area contributed by atoms with Crippen molar-refractivity contribution in [2.75, 3.05) is 13.2 Å². The number of carbonyl (C=O) groups excluding carboxylic acids is 1. The number of halogens is 1. The zero-order valence-electron chi connectivity index (χ0n) is 11.6. The minimum Gasteiger partial charge on any atom is -0.489 e. The van der Waals surface area contributed by atoms with E-state index in [0.29, 0.717) is 24.1 Å². The van der Waals surface area contributed by atoms with E-state index in [2.05, 4.69) is 5.32 Å². The van der Waals surface area contributed by atoms with Crippen molar-refractivity contribution in [3.63, 3.8) is 0 Å². The standard InChI is InChI=1S/C15H20ClNO3/c1-2-19-15(18)7-6-12-9-14(10-17-12)20-13-5-3-4-11(16)8-13/h3-5,8,12,14,17H,2,6-7,9-10H2,1H3/t12-,14-/m1/s1. The Labute approximate surface area is 124 Å². The van der Waals surface area contributed by atoms with Gasteiger partial charge >= 0.3 is 5.97 Å². The van der Waals surface area contributed by atoms with Gasteiger partial charge in [-0.3, -0.25) is 4.79 Å². The molecule has 1 aliphatic rings. The summed E-state index contributed by atoms with van der Waals surface area (Å²) in [6.45, 7) is 3.05. The van der Waals surface area contributed by atoms with Gasteiger partial charge < -0.3 is 14.8 Å². The van der Waals surface area contributed by atoms with Crippen molar-refractivity contribution in [2.45, 2.75) is 38.3 Å². The highest BCUT2D eigenvalue weighted by atomic mass is 35.5. The van der Waals surface area contributed by atoms with Gasteiger partial charge in [0, 0.05) is 30.5 Å². The predicted molar refractivity (Wildman–Crippen MR) is 78.1 cm³/mol. The van der Waals surface area contributed by atoms with Gasteiger partial charge in [0.15, 0.2) is 0 Å². The van der Waals surface area contributed by atoms with E-state index in [0.717, 1.165) is 25.1 Å². The Hall–Kier alpha value is -1.26. The molecule has 0 amide bonds. The van der Waals surface area contributed by atoms with Gasteiger partial charge in [-0.05, 0) is 31.5 Å². The zero-order valence-corrected chi connectivity index (χ0v) is 12.4. The third kappa shape index (κ3) is 4.69. The van der Waals surface area contributed by atoms with Crippen molar-refractivity contribution in [2.24, 2.45) is 0 Å². The number of benzene rings is 1. The van der Waals surface area contributed by atoms with Gasteiger partial charge in [0.1, 0.15) is 11.9 Å². The Balaban J connectivity index is 1.73. The Bertz CT molecular complexity index is 452. The van der Waals surface area contributed by atoms with E-state index in [1.54, 1.807) is 0 Å². The number of hydrogen-bond acceptors (Lipinski definition) is 4. The summed E-state index contributed by atoms with van der Waals surface area (Å²) in [5.74, 6) is 0.656. The van der Waals surface area contributed by atoms with E-state index in [4.69, 9.17) is 21.1 Å². The number of hydrogen-bond donors (Lipinski definition) is 1. The Morgan fingerprint density at radius 1 is 1.50 bits per heavy atom. The average molecular weight is 298 g/mol. The highest BCUT2D eigenvalue weighted by Gasteiger charge is 2.26. The van der Waals surface area contributed by atoms with Gasteiger partial charge in [-0.15, -0.1) is 0 Å². The Morgan fingerprint density at radius 3 is 3.10 bits per heavy atom. The summed E-state index contributed by atoms with van der Waals surface area (Å²) in [5.41, 5.74) is 0. The van der Waals surface area contributed by atoms with E-state index in [9.17, 15) is 4.79 Å². The minimum atomic E-state index is -0.131. The monoisotopic (exact) mass is 297 g/mol. The molecule has 0 aliphatic carbocycles. The van der Waals surface area contributed by atoms with Crippen molar-refractivity contribution in [1.82, 2.24) is 5.32 Å². The summed E-state index contributed by atoms with van der Waals surface area (Å²) in [6.07, 6.45) is 2.26. The van der Waals surface area contributed by atoms with Gasteiger partial charge in [0.2, 0.25) is 0 Å². The molecule has 1 N–H and O–H groups in total. The van der Waals surface area contributed by atoms with E-state index in [-0.39, 0.29) is 12.1 Å². The summed E-state index contributed by atoms with van der Waals surface area (Å²) >= 11 is 5.93. The molecule has 1 aliphatic heterocycles. The maximum Gasteiger partial charge on any atom is 0.305 e. The maximum absolute atomic E-state index is 11.3. The van der Waals surface area contributed by atoms with Gasteiger partial charge in [-0.25, -0.2) is 0 Å². The van der Waals surface area contributed by atoms with Crippen LogP contribution in [0.25, 0.3) is 0 Å². The smallest absolute Gasteiger partial charge is 0.305 e. The SMILES string of the molecule is CCOC(=O)CC[C@@H]1C[C@@H](Oc2cccc(Cl)c2)CN1. The molecule has 110 valence electrons. The second-order valence-electron chi connectivity index (χ2n) is 4.88. The third-order valence-corrected chi connectivity index (χ3v) is 3.52. The van der Waals surface area contributed by atoms with E-state index in [1.807, 2.05) is 31.2 Å². The lowest BCUT2D eigenvalue weighted by molar-refractivity contribution is -0.143. The molecule has 0 spiro atoms. The molecule has 1 saturated heterocycles. The molecule has 1 aromatic carbocycles. The zero-order chi connectivity index (χ0) is 14.4. The third-order valence-electron chi connectivity index (χ3n) is 3.28.